The second-order valence-electron chi connectivity index (χ2n) is 4.98. The van der Waals surface area contributed by atoms with Crippen LogP contribution in [0.3, 0.4) is 0 Å². The minimum absolute atomic E-state index is 0. The molecule has 0 saturated heterocycles. The van der Waals surface area contributed by atoms with E-state index in [2.05, 4.69) is 10.2 Å². The molecule has 2 aromatic heterocycles. The molecule has 0 unspecified atom stereocenters. The third kappa shape index (κ3) is 3.23. The van der Waals surface area contributed by atoms with E-state index in [-0.39, 0.29) is 18.3 Å². The summed E-state index contributed by atoms with van der Waals surface area (Å²) in [6, 6.07) is 7.26. The number of hydrogen-bond acceptors (Lipinski definition) is 3. The summed E-state index contributed by atoms with van der Waals surface area (Å²) in [6.07, 6.45) is 1.87. The van der Waals surface area contributed by atoms with Crippen molar-refractivity contribution >= 4 is 29.8 Å². The highest BCUT2D eigenvalue weighted by molar-refractivity contribution is 7.99. The highest BCUT2D eigenvalue weighted by atomic mass is 35.5. The number of benzene rings is 1. The van der Waals surface area contributed by atoms with Gasteiger partial charge >= 0.3 is 0 Å². The molecule has 0 radical (unpaired) electrons. The first-order chi connectivity index (χ1) is 10.0. The van der Waals surface area contributed by atoms with Crippen molar-refractivity contribution in [3.05, 3.63) is 54.0 Å². The molecule has 0 N–H and O–H groups in total. The zero-order chi connectivity index (χ0) is 15.0. The lowest BCUT2D eigenvalue weighted by Crippen LogP contribution is -1.97. The van der Waals surface area contributed by atoms with Gasteiger partial charge in [-0.3, -0.25) is 4.40 Å². The third-order valence-corrected chi connectivity index (χ3v) is 4.07. The molecule has 0 aliphatic heterocycles. The second-order valence-corrected chi connectivity index (χ2v) is 6.10. The Morgan fingerprint density at radius 3 is 2.55 bits per heavy atom. The van der Waals surface area contributed by atoms with Crippen molar-refractivity contribution in [3.63, 3.8) is 0 Å². The van der Waals surface area contributed by atoms with Crippen LogP contribution in [0.25, 0.3) is 5.65 Å². The minimum atomic E-state index is -0.576. The van der Waals surface area contributed by atoms with Crippen LogP contribution < -0.4 is 0 Å². The van der Waals surface area contributed by atoms with E-state index in [4.69, 9.17) is 0 Å². The van der Waals surface area contributed by atoms with Crippen molar-refractivity contribution < 1.29 is 8.78 Å². The van der Waals surface area contributed by atoms with Gasteiger partial charge in [-0.05, 0) is 24.3 Å². The largest absolute Gasteiger partial charge is 0.285 e. The first-order valence-corrected chi connectivity index (χ1v) is 7.34. The van der Waals surface area contributed by atoms with Gasteiger partial charge in [-0.25, -0.2) is 8.78 Å². The van der Waals surface area contributed by atoms with Crippen LogP contribution >= 0.6 is 24.2 Å². The van der Waals surface area contributed by atoms with Gasteiger partial charge < -0.3 is 0 Å². The van der Waals surface area contributed by atoms with E-state index in [1.807, 2.05) is 36.6 Å². The first-order valence-electron chi connectivity index (χ1n) is 6.52. The number of pyridine rings is 1. The van der Waals surface area contributed by atoms with Gasteiger partial charge in [0.2, 0.25) is 0 Å². The van der Waals surface area contributed by atoms with Crippen molar-refractivity contribution in [2.45, 2.75) is 29.6 Å². The van der Waals surface area contributed by atoms with Crippen LogP contribution in [0.1, 0.15) is 25.6 Å². The monoisotopic (exact) mass is 341 g/mol. The van der Waals surface area contributed by atoms with Crippen LogP contribution in [0.5, 0.6) is 0 Å². The van der Waals surface area contributed by atoms with Gasteiger partial charge in [0, 0.05) is 28.0 Å². The fourth-order valence-corrected chi connectivity index (χ4v) is 2.87. The molecule has 2 heterocycles. The summed E-state index contributed by atoms with van der Waals surface area (Å²) < 4.78 is 28.5. The van der Waals surface area contributed by atoms with Crippen LogP contribution in [-0.4, -0.2) is 14.6 Å². The molecule has 0 fully saturated rings. The molecule has 7 heteroatoms. The molecule has 0 aliphatic rings. The van der Waals surface area contributed by atoms with Crippen LogP contribution in [-0.2, 0) is 0 Å². The molecule has 0 spiro atoms. The molecule has 0 aliphatic carbocycles. The first kappa shape index (κ1) is 16.7. The summed E-state index contributed by atoms with van der Waals surface area (Å²) in [6.45, 7) is 4.08. The van der Waals surface area contributed by atoms with Gasteiger partial charge in [0.15, 0.2) is 5.65 Å². The Kier molecular flexibility index (Phi) is 5.03. The maximum Gasteiger partial charge on any atom is 0.160 e. The Bertz CT molecular complexity index is 805. The summed E-state index contributed by atoms with van der Waals surface area (Å²) >= 11 is 1.24. The van der Waals surface area contributed by atoms with E-state index in [1.54, 1.807) is 0 Å². The summed E-state index contributed by atoms with van der Waals surface area (Å²) in [7, 11) is 0. The Hall–Kier alpha value is -1.66. The molecule has 22 heavy (non-hydrogen) atoms. The lowest BCUT2D eigenvalue weighted by Gasteiger charge is -2.06. The highest BCUT2D eigenvalue weighted by Crippen LogP contribution is 2.30. The summed E-state index contributed by atoms with van der Waals surface area (Å²) in [4.78, 5) is 1.23. The van der Waals surface area contributed by atoms with Crippen molar-refractivity contribution in [2.24, 2.45) is 0 Å². The number of rotatable bonds is 3. The molecule has 3 aromatic rings. The molecule has 1 aromatic carbocycles. The highest BCUT2D eigenvalue weighted by Gasteiger charge is 2.11. The van der Waals surface area contributed by atoms with E-state index in [0.717, 1.165) is 22.4 Å². The number of halogens is 3. The minimum Gasteiger partial charge on any atom is -0.285 e. The maximum absolute atomic E-state index is 13.7. The van der Waals surface area contributed by atoms with E-state index in [0.29, 0.717) is 4.90 Å². The predicted molar refractivity (Wildman–Crippen MR) is 84.8 cm³/mol. The smallest absolute Gasteiger partial charge is 0.160 e. The van der Waals surface area contributed by atoms with Crippen molar-refractivity contribution in [3.8, 4) is 0 Å². The van der Waals surface area contributed by atoms with Gasteiger partial charge in [0.1, 0.15) is 17.5 Å². The molecule has 116 valence electrons. The van der Waals surface area contributed by atoms with Gasteiger partial charge in [-0.1, -0.05) is 25.6 Å². The normalized spacial score (nSPS) is 11.0. The van der Waals surface area contributed by atoms with Crippen LogP contribution in [0, 0.1) is 11.6 Å². The molecule has 3 nitrogen and oxygen atoms in total. The zero-order valence-electron chi connectivity index (χ0n) is 12.0. The van der Waals surface area contributed by atoms with Crippen molar-refractivity contribution in [2.75, 3.05) is 0 Å². The van der Waals surface area contributed by atoms with Crippen molar-refractivity contribution in [1.82, 2.24) is 14.6 Å². The Morgan fingerprint density at radius 2 is 1.86 bits per heavy atom. The topological polar surface area (TPSA) is 30.2 Å². The molecular weight excluding hydrogens is 328 g/mol. The number of aromatic nitrogens is 3. The Morgan fingerprint density at radius 1 is 1.09 bits per heavy atom. The lowest BCUT2D eigenvalue weighted by atomic mass is 10.2. The van der Waals surface area contributed by atoms with Crippen LogP contribution in [0.2, 0.25) is 0 Å². The SMILES string of the molecule is CC(C)c1nnc2ccc(Sc3ccc(F)cc3F)cn12.Cl. The van der Waals surface area contributed by atoms with Crippen LogP contribution in [0.15, 0.2) is 46.3 Å². The van der Waals surface area contributed by atoms with Gasteiger partial charge in [-0.2, -0.15) is 0 Å². The standard InChI is InChI=1S/C15H13F2N3S.ClH/c1-9(2)15-19-18-14-6-4-11(8-20(14)15)21-13-5-3-10(16)7-12(13)17;/h3-9H,1-2H3;1H. The zero-order valence-corrected chi connectivity index (χ0v) is 13.6. The summed E-state index contributed by atoms with van der Waals surface area (Å²) in [5, 5.41) is 8.25. The van der Waals surface area contributed by atoms with Gasteiger partial charge in [0.05, 0.1) is 0 Å². The maximum atomic E-state index is 13.7. The van der Waals surface area contributed by atoms with Crippen LogP contribution in [0.4, 0.5) is 8.78 Å². The fourth-order valence-electron chi connectivity index (χ4n) is 2.03. The molecule has 0 bridgehead atoms. The molecule has 3 rings (SSSR count). The number of fused-ring (bicyclic) bond motifs is 1. The van der Waals surface area contributed by atoms with Gasteiger partial charge in [0.25, 0.3) is 0 Å². The molecule has 0 atom stereocenters. The third-order valence-electron chi connectivity index (χ3n) is 3.04. The van der Waals surface area contributed by atoms with E-state index in [9.17, 15) is 8.78 Å². The Labute approximate surface area is 137 Å². The number of nitrogens with zero attached hydrogens (tertiary/aromatic N) is 3. The average Bonchev–Trinajstić information content (AvgIpc) is 2.85. The Balaban J connectivity index is 0.00000176. The van der Waals surface area contributed by atoms with E-state index in [1.165, 1.54) is 23.9 Å². The second kappa shape index (κ2) is 6.62. The van der Waals surface area contributed by atoms with E-state index < -0.39 is 11.6 Å². The van der Waals surface area contributed by atoms with Gasteiger partial charge in [-0.15, -0.1) is 22.6 Å². The van der Waals surface area contributed by atoms with E-state index >= 15 is 0 Å². The summed E-state index contributed by atoms with van der Waals surface area (Å²) in [5.41, 5.74) is 0.752. The average molecular weight is 342 g/mol. The molecule has 0 amide bonds. The lowest BCUT2D eigenvalue weighted by molar-refractivity contribution is 0.565. The fraction of sp³-hybridized carbons (Fsp3) is 0.200. The molecular formula is C15H14ClF2N3S. The van der Waals surface area contributed by atoms with Crippen molar-refractivity contribution in [1.29, 1.82) is 0 Å². The predicted octanol–water partition coefficient (Wildman–Crippen LogP) is 4.70. The molecule has 0 saturated carbocycles. The summed E-state index contributed by atoms with van der Waals surface area (Å²) in [5.74, 6) is -0.0454. The quantitative estimate of drug-likeness (QED) is 0.691. The number of hydrogen-bond donors (Lipinski definition) is 0.